The quantitative estimate of drug-likeness (QED) is 0.903. The van der Waals surface area contributed by atoms with Gasteiger partial charge in [0.25, 0.3) is 0 Å². The number of hydrogen-bond acceptors (Lipinski definition) is 2. The van der Waals surface area contributed by atoms with E-state index in [1.54, 1.807) is 16.9 Å². The zero-order chi connectivity index (χ0) is 13.3. The Bertz CT molecular complexity index is 393. The van der Waals surface area contributed by atoms with E-state index in [9.17, 15) is 13.9 Å². The Hall–Kier alpha value is -0.970. The van der Waals surface area contributed by atoms with E-state index in [1.165, 1.54) is 0 Å². The highest BCUT2D eigenvalue weighted by Crippen LogP contribution is 2.41. The number of rotatable bonds is 3. The smallest absolute Gasteiger partial charge is 0.248 e. The molecular weight excluding hydrogens is 238 g/mol. The van der Waals surface area contributed by atoms with Gasteiger partial charge in [0.2, 0.25) is 5.92 Å². The molecule has 0 spiro atoms. The highest BCUT2D eigenvalue weighted by atomic mass is 19.3. The molecule has 0 saturated heterocycles. The monoisotopic (exact) mass is 258 g/mol. The van der Waals surface area contributed by atoms with Gasteiger partial charge in [-0.3, -0.25) is 4.68 Å². The van der Waals surface area contributed by atoms with Crippen LogP contribution in [-0.4, -0.2) is 20.8 Å². The first-order valence-electron chi connectivity index (χ1n) is 6.50. The van der Waals surface area contributed by atoms with Crippen molar-refractivity contribution in [2.45, 2.75) is 57.6 Å². The summed E-state index contributed by atoms with van der Waals surface area (Å²) >= 11 is 0. The summed E-state index contributed by atoms with van der Waals surface area (Å²) in [4.78, 5) is 0. The van der Waals surface area contributed by atoms with Gasteiger partial charge in [0, 0.05) is 25.1 Å². The number of aliphatic hydroxyl groups excluding tert-OH is 1. The van der Waals surface area contributed by atoms with Gasteiger partial charge >= 0.3 is 0 Å². The van der Waals surface area contributed by atoms with Crippen LogP contribution in [0, 0.1) is 5.92 Å². The molecule has 0 bridgehead atoms. The topological polar surface area (TPSA) is 38.0 Å². The number of alkyl halides is 2. The molecule has 0 aliphatic heterocycles. The molecule has 5 heteroatoms. The average molecular weight is 258 g/mol. The van der Waals surface area contributed by atoms with Gasteiger partial charge in [-0.05, 0) is 38.7 Å². The van der Waals surface area contributed by atoms with Crippen LogP contribution in [0.25, 0.3) is 0 Å². The fraction of sp³-hybridized carbons (Fsp3) is 0.769. The predicted octanol–water partition coefficient (Wildman–Crippen LogP) is 3.32. The second-order valence-electron chi connectivity index (χ2n) is 5.43. The fourth-order valence-corrected chi connectivity index (χ4v) is 2.61. The second-order valence-corrected chi connectivity index (χ2v) is 5.43. The van der Waals surface area contributed by atoms with Gasteiger partial charge in [-0.25, -0.2) is 8.78 Å². The number of nitrogens with zero attached hydrogens (tertiary/aromatic N) is 2. The van der Waals surface area contributed by atoms with E-state index in [2.05, 4.69) is 5.10 Å². The van der Waals surface area contributed by atoms with Crippen molar-refractivity contribution in [3.63, 3.8) is 0 Å². The predicted molar refractivity (Wildman–Crippen MR) is 64.5 cm³/mol. The van der Waals surface area contributed by atoms with Crippen molar-refractivity contribution in [3.8, 4) is 0 Å². The third kappa shape index (κ3) is 2.71. The van der Waals surface area contributed by atoms with Crippen molar-refractivity contribution >= 4 is 0 Å². The van der Waals surface area contributed by atoms with Gasteiger partial charge in [-0.15, -0.1) is 0 Å². The summed E-state index contributed by atoms with van der Waals surface area (Å²) in [5.41, 5.74) is 0.736. The maximum Gasteiger partial charge on any atom is 0.248 e. The van der Waals surface area contributed by atoms with E-state index in [1.807, 2.05) is 13.8 Å². The molecule has 0 radical (unpaired) electrons. The largest absolute Gasteiger partial charge is 0.387 e. The molecular formula is C13H20F2N2O. The molecule has 0 amide bonds. The molecule has 102 valence electrons. The van der Waals surface area contributed by atoms with E-state index >= 15 is 0 Å². The van der Waals surface area contributed by atoms with Crippen LogP contribution in [0.1, 0.15) is 57.4 Å². The second kappa shape index (κ2) is 4.96. The molecule has 2 rings (SSSR count). The highest BCUT2D eigenvalue weighted by molar-refractivity contribution is 5.07. The maximum atomic E-state index is 13.1. The minimum Gasteiger partial charge on any atom is -0.387 e. The minimum atomic E-state index is -2.55. The Morgan fingerprint density at radius 1 is 1.39 bits per heavy atom. The van der Waals surface area contributed by atoms with E-state index in [0.717, 1.165) is 5.69 Å². The van der Waals surface area contributed by atoms with Gasteiger partial charge in [0.1, 0.15) is 0 Å². The van der Waals surface area contributed by atoms with Crippen LogP contribution in [0.15, 0.2) is 12.3 Å². The lowest BCUT2D eigenvalue weighted by atomic mass is 9.82. The van der Waals surface area contributed by atoms with Crippen LogP contribution in [0.5, 0.6) is 0 Å². The Morgan fingerprint density at radius 3 is 2.56 bits per heavy atom. The van der Waals surface area contributed by atoms with Crippen molar-refractivity contribution in [1.29, 1.82) is 0 Å². The van der Waals surface area contributed by atoms with Crippen LogP contribution >= 0.6 is 0 Å². The molecule has 1 N–H and O–H groups in total. The number of hydrogen-bond donors (Lipinski definition) is 1. The number of halogens is 2. The van der Waals surface area contributed by atoms with Crippen LogP contribution in [0.3, 0.4) is 0 Å². The Morgan fingerprint density at radius 2 is 2.00 bits per heavy atom. The third-order valence-corrected chi connectivity index (χ3v) is 3.70. The van der Waals surface area contributed by atoms with Gasteiger partial charge in [-0.2, -0.15) is 5.10 Å². The molecule has 0 aromatic carbocycles. The summed E-state index contributed by atoms with van der Waals surface area (Å²) in [6.45, 7) is 3.97. The number of aliphatic hydroxyl groups is 1. The molecule has 18 heavy (non-hydrogen) atoms. The normalized spacial score (nSPS) is 22.3. The first-order valence-corrected chi connectivity index (χ1v) is 6.50. The number of aromatic nitrogens is 2. The molecule has 1 heterocycles. The summed E-state index contributed by atoms with van der Waals surface area (Å²) in [5, 5.41) is 14.5. The van der Waals surface area contributed by atoms with Crippen LogP contribution in [0.2, 0.25) is 0 Å². The lowest BCUT2D eigenvalue weighted by Gasteiger charge is -2.31. The zero-order valence-corrected chi connectivity index (χ0v) is 10.8. The highest BCUT2D eigenvalue weighted by Gasteiger charge is 2.38. The summed E-state index contributed by atoms with van der Waals surface area (Å²) < 4.78 is 27.9. The molecule has 1 fully saturated rings. The SMILES string of the molecule is CC(C)n1nccc1C(O)C1CCC(F)(F)CC1. The lowest BCUT2D eigenvalue weighted by Crippen LogP contribution is -2.28. The molecule has 1 aromatic heterocycles. The van der Waals surface area contributed by atoms with Crippen molar-refractivity contribution < 1.29 is 13.9 Å². The lowest BCUT2D eigenvalue weighted by molar-refractivity contribution is -0.0638. The maximum absolute atomic E-state index is 13.1. The first kappa shape index (κ1) is 13.5. The zero-order valence-electron chi connectivity index (χ0n) is 10.8. The van der Waals surface area contributed by atoms with Crippen molar-refractivity contribution in [2.24, 2.45) is 5.92 Å². The third-order valence-electron chi connectivity index (χ3n) is 3.70. The van der Waals surface area contributed by atoms with Crippen molar-refractivity contribution in [3.05, 3.63) is 18.0 Å². The molecule has 3 nitrogen and oxygen atoms in total. The Kier molecular flexibility index (Phi) is 3.71. The van der Waals surface area contributed by atoms with E-state index in [4.69, 9.17) is 0 Å². The molecule has 1 atom stereocenters. The fourth-order valence-electron chi connectivity index (χ4n) is 2.61. The molecule has 1 aliphatic rings. The van der Waals surface area contributed by atoms with Gasteiger partial charge in [-0.1, -0.05) is 0 Å². The van der Waals surface area contributed by atoms with Gasteiger partial charge in [0.15, 0.2) is 0 Å². The van der Waals surface area contributed by atoms with Gasteiger partial charge < -0.3 is 5.11 Å². The van der Waals surface area contributed by atoms with E-state index in [-0.39, 0.29) is 24.8 Å². The van der Waals surface area contributed by atoms with E-state index in [0.29, 0.717) is 12.8 Å². The molecule has 1 unspecified atom stereocenters. The minimum absolute atomic E-state index is 0.0844. The van der Waals surface area contributed by atoms with Crippen molar-refractivity contribution in [1.82, 2.24) is 9.78 Å². The van der Waals surface area contributed by atoms with Crippen molar-refractivity contribution in [2.75, 3.05) is 0 Å². The molecule has 1 saturated carbocycles. The van der Waals surface area contributed by atoms with Gasteiger partial charge in [0.05, 0.1) is 11.8 Å². The summed E-state index contributed by atoms with van der Waals surface area (Å²) in [5.74, 6) is -2.63. The Balaban J connectivity index is 2.08. The van der Waals surface area contributed by atoms with Crippen LogP contribution in [-0.2, 0) is 0 Å². The van der Waals surface area contributed by atoms with Crippen LogP contribution in [0.4, 0.5) is 8.78 Å². The van der Waals surface area contributed by atoms with E-state index < -0.39 is 12.0 Å². The van der Waals surface area contributed by atoms with Crippen LogP contribution < -0.4 is 0 Å². The average Bonchev–Trinajstić information content (AvgIpc) is 2.77. The standard InChI is InChI=1S/C13H20F2N2O/c1-9(2)17-11(5-8-16-17)12(18)10-3-6-13(14,15)7-4-10/h5,8-10,12,18H,3-4,6-7H2,1-2H3. The molecule has 1 aliphatic carbocycles. The summed E-state index contributed by atoms with van der Waals surface area (Å²) in [7, 11) is 0. The first-order chi connectivity index (χ1) is 8.41. The molecule has 1 aromatic rings. The Labute approximate surface area is 106 Å². The summed E-state index contributed by atoms with van der Waals surface area (Å²) in [6, 6.07) is 1.94. The summed E-state index contributed by atoms with van der Waals surface area (Å²) in [6.07, 6.45) is 1.46.